The lowest BCUT2D eigenvalue weighted by Gasteiger charge is -2.12. The van der Waals surface area contributed by atoms with Crippen LogP contribution >= 0.6 is 11.8 Å². The van der Waals surface area contributed by atoms with Gasteiger partial charge in [-0.15, -0.1) is 11.8 Å². The normalized spacial score (nSPS) is 15.7. The van der Waals surface area contributed by atoms with Gasteiger partial charge in [-0.05, 0) is 6.42 Å². The topological polar surface area (TPSA) is 55.1 Å². The lowest BCUT2D eigenvalue weighted by Crippen LogP contribution is -2.13. The molecule has 0 radical (unpaired) electrons. The predicted octanol–water partition coefficient (Wildman–Crippen LogP) is 0.828. The van der Waals surface area contributed by atoms with Crippen LogP contribution in [0.15, 0.2) is 6.20 Å². The molecule has 1 N–H and O–H groups in total. The van der Waals surface area contributed by atoms with Crippen LogP contribution in [0.5, 0.6) is 0 Å². The number of hydrogen-bond acceptors (Lipinski definition) is 3. The van der Waals surface area contributed by atoms with Gasteiger partial charge in [-0.3, -0.25) is 4.68 Å². The van der Waals surface area contributed by atoms with E-state index in [1.165, 1.54) is 6.20 Å². The van der Waals surface area contributed by atoms with Gasteiger partial charge < -0.3 is 5.11 Å². The summed E-state index contributed by atoms with van der Waals surface area (Å²) in [6, 6.07) is 0. The first-order valence-electron chi connectivity index (χ1n) is 3.65. The number of nitrogens with zero attached hydrogens (tertiary/aromatic N) is 2. The van der Waals surface area contributed by atoms with E-state index in [1.807, 2.05) is 0 Å². The van der Waals surface area contributed by atoms with Crippen molar-refractivity contribution in [2.24, 2.45) is 0 Å². The van der Waals surface area contributed by atoms with Gasteiger partial charge in [0.2, 0.25) is 0 Å². The molecule has 0 saturated carbocycles. The quantitative estimate of drug-likeness (QED) is 0.702. The molecule has 1 aromatic heterocycles. The average Bonchev–Trinajstić information content (AvgIpc) is 2.47. The van der Waals surface area contributed by atoms with Gasteiger partial charge in [-0.2, -0.15) is 5.10 Å². The maximum Gasteiger partial charge on any atom is 0.339 e. The van der Waals surface area contributed by atoms with Crippen molar-refractivity contribution in [3.63, 3.8) is 0 Å². The minimum atomic E-state index is -0.872. The molecular formula is C7H8N2O2S. The highest BCUT2D eigenvalue weighted by Gasteiger charge is 2.18. The van der Waals surface area contributed by atoms with Crippen molar-refractivity contribution in [3.05, 3.63) is 17.5 Å². The summed E-state index contributed by atoms with van der Waals surface area (Å²) >= 11 is 1.77. The van der Waals surface area contributed by atoms with Gasteiger partial charge in [0, 0.05) is 5.75 Å². The zero-order chi connectivity index (χ0) is 8.55. The summed E-state index contributed by atoms with van der Waals surface area (Å²) in [5.74, 6) is 0.900. The van der Waals surface area contributed by atoms with E-state index in [1.54, 1.807) is 16.4 Å². The van der Waals surface area contributed by atoms with Crippen LogP contribution in [0.25, 0.3) is 0 Å². The molecule has 2 rings (SSSR count). The van der Waals surface area contributed by atoms with Gasteiger partial charge >= 0.3 is 5.97 Å². The fourth-order valence-corrected chi connectivity index (χ4v) is 2.15. The molecule has 12 heavy (non-hydrogen) atoms. The van der Waals surface area contributed by atoms with Crippen molar-refractivity contribution >= 4 is 17.7 Å². The van der Waals surface area contributed by atoms with Crippen LogP contribution in [0.3, 0.4) is 0 Å². The highest BCUT2D eigenvalue weighted by Crippen LogP contribution is 2.20. The summed E-state index contributed by atoms with van der Waals surface area (Å²) < 4.78 is 1.76. The van der Waals surface area contributed by atoms with Gasteiger partial charge in [0.1, 0.15) is 5.56 Å². The summed E-state index contributed by atoms with van der Waals surface area (Å²) in [4.78, 5) is 10.7. The largest absolute Gasteiger partial charge is 0.478 e. The Labute approximate surface area is 73.6 Å². The second-order valence-electron chi connectivity index (χ2n) is 2.60. The Morgan fingerprint density at radius 2 is 2.58 bits per heavy atom. The van der Waals surface area contributed by atoms with E-state index >= 15 is 0 Å². The van der Waals surface area contributed by atoms with E-state index in [0.717, 1.165) is 23.7 Å². The highest BCUT2D eigenvalue weighted by molar-refractivity contribution is 7.98. The number of hydrogen-bond donors (Lipinski definition) is 1. The summed E-state index contributed by atoms with van der Waals surface area (Å²) in [5.41, 5.74) is 1.22. The molecule has 1 aliphatic heterocycles. The van der Waals surface area contributed by atoms with Crippen molar-refractivity contribution in [3.8, 4) is 0 Å². The van der Waals surface area contributed by atoms with E-state index in [4.69, 9.17) is 5.11 Å². The van der Waals surface area contributed by atoms with Crippen LogP contribution in [0.1, 0.15) is 16.1 Å². The molecule has 1 aliphatic rings. The van der Waals surface area contributed by atoms with Crippen molar-refractivity contribution in [1.82, 2.24) is 9.78 Å². The van der Waals surface area contributed by atoms with Crippen LogP contribution in [-0.4, -0.2) is 26.6 Å². The van der Waals surface area contributed by atoms with Gasteiger partial charge in [0.25, 0.3) is 0 Å². The van der Waals surface area contributed by atoms with E-state index in [9.17, 15) is 4.79 Å². The molecule has 64 valence electrons. The third kappa shape index (κ3) is 1.10. The maximum atomic E-state index is 10.7. The van der Waals surface area contributed by atoms with Crippen LogP contribution in [0.4, 0.5) is 0 Å². The van der Waals surface area contributed by atoms with E-state index in [-0.39, 0.29) is 0 Å². The zero-order valence-corrected chi connectivity index (χ0v) is 7.17. The van der Waals surface area contributed by atoms with Crippen molar-refractivity contribution < 1.29 is 9.90 Å². The molecular weight excluding hydrogens is 176 g/mol. The summed E-state index contributed by atoms with van der Waals surface area (Å²) in [5, 5.41) is 12.8. The Morgan fingerprint density at radius 3 is 3.33 bits per heavy atom. The van der Waals surface area contributed by atoms with Crippen molar-refractivity contribution in [2.75, 3.05) is 5.75 Å². The van der Waals surface area contributed by atoms with Crippen molar-refractivity contribution in [1.29, 1.82) is 0 Å². The number of carboxylic acids is 1. The van der Waals surface area contributed by atoms with Gasteiger partial charge in [0.15, 0.2) is 0 Å². The number of aromatic nitrogens is 2. The highest BCUT2D eigenvalue weighted by atomic mass is 32.2. The minimum Gasteiger partial charge on any atom is -0.478 e. The number of carboxylic acid groups (broad SMARTS) is 1. The van der Waals surface area contributed by atoms with Crippen molar-refractivity contribution in [2.45, 2.75) is 12.3 Å². The second kappa shape index (κ2) is 2.82. The molecule has 1 aromatic rings. The SMILES string of the molecule is O=C(O)c1cnn2c1CCSC2. The number of fused-ring (bicyclic) bond motifs is 1. The molecule has 0 bridgehead atoms. The lowest BCUT2D eigenvalue weighted by atomic mass is 10.2. The Balaban J connectivity index is 2.44. The Bertz CT molecular complexity index is 321. The minimum absolute atomic E-state index is 0.357. The fraction of sp³-hybridized carbons (Fsp3) is 0.429. The molecule has 0 saturated heterocycles. The molecule has 0 spiro atoms. The van der Waals surface area contributed by atoms with Crippen LogP contribution in [0.2, 0.25) is 0 Å². The smallest absolute Gasteiger partial charge is 0.339 e. The first kappa shape index (κ1) is 7.67. The summed E-state index contributed by atoms with van der Waals surface area (Å²) in [6.45, 7) is 0. The lowest BCUT2D eigenvalue weighted by molar-refractivity contribution is 0.0695. The van der Waals surface area contributed by atoms with Gasteiger partial charge in [0.05, 0.1) is 17.8 Å². The third-order valence-electron chi connectivity index (χ3n) is 1.88. The molecule has 0 unspecified atom stereocenters. The Kier molecular flexibility index (Phi) is 1.80. The first-order chi connectivity index (χ1) is 5.79. The van der Waals surface area contributed by atoms with Crippen LogP contribution < -0.4 is 0 Å². The first-order valence-corrected chi connectivity index (χ1v) is 4.80. The molecule has 0 aromatic carbocycles. The molecule has 0 aliphatic carbocycles. The Morgan fingerprint density at radius 1 is 1.75 bits per heavy atom. The Hall–Kier alpha value is -0.970. The number of thioether (sulfide) groups is 1. The van der Waals surface area contributed by atoms with E-state index in [2.05, 4.69) is 5.10 Å². The standard InChI is InChI=1S/C7H8N2O2S/c10-7(11)5-3-8-9-4-12-2-1-6(5)9/h3H,1-2,4H2,(H,10,11). The van der Waals surface area contributed by atoms with Gasteiger partial charge in [-0.25, -0.2) is 4.79 Å². The molecule has 4 nitrogen and oxygen atoms in total. The zero-order valence-electron chi connectivity index (χ0n) is 6.36. The van der Waals surface area contributed by atoms with Crippen LogP contribution in [-0.2, 0) is 12.3 Å². The summed E-state index contributed by atoms with van der Waals surface area (Å²) in [7, 11) is 0. The molecule has 2 heterocycles. The predicted molar refractivity (Wildman–Crippen MR) is 45.3 cm³/mol. The second-order valence-corrected chi connectivity index (χ2v) is 3.67. The van der Waals surface area contributed by atoms with Crippen LogP contribution in [0, 0.1) is 0 Å². The molecule has 5 heteroatoms. The summed E-state index contributed by atoms with van der Waals surface area (Å²) in [6.07, 6.45) is 2.25. The molecule has 0 atom stereocenters. The van der Waals surface area contributed by atoms with E-state index in [0.29, 0.717) is 5.56 Å². The number of rotatable bonds is 1. The fourth-order valence-electron chi connectivity index (χ4n) is 1.28. The van der Waals surface area contributed by atoms with Gasteiger partial charge in [-0.1, -0.05) is 0 Å². The molecule has 0 amide bonds. The number of aromatic carboxylic acids is 1. The third-order valence-corrected chi connectivity index (χ3v) is 2.80. The number of carbonyl (C=O) groups is 1. The average molecular weight is 184 g/mol. The molecule has 0 fully saturated rings. The maximum absolute atomic E-state index is 10.7. The van der Waals surface area contributed by atoms with E-state index < -0.39 is 5.97 Å². The monoisotopic (exact) mass is 184 g/mol.